The van der Waals surface area contributed by atoms with E-state index in [4.69, 9.17) is 16.3 Å². The Morgan fingerprint density at radius 2 is 2.17 bits per heavy atom. The Kier molecular flexibility index (Phi) is 5.81. The monoisotopic (exact) mass is 342 g/mol. The van der Waals surface area contributed by atoms with E-state index in [9.17, 15) is 13.6 Å². The number of ether oxygens (including phenoxy) is 2. The molecule has 0 atom stereocenters. The summed E-state index contributed by atoms with van der Waals surface area (Å²) in [6.45, 7) is -1.06. The van der Waals surface area contributed by atoms with Crippen molar-refractivity contribution < 1.29 is 23.0 Å². The van der Waals surface area contributed by atoms with E-state index in [2.05, 4.69) is 20.7 Å². The van der Waals surface area contributed by atoms with Gasteiger partial charge in [-0.3, -0.25) is 4.79 Å². The fraction of sp³-hybridized carbons (Fsp3) is 0.364. The molecule has 0 bridgehead atoms. The van der Waals surface area contributed by atoms with Crippen molar-refractivity contribution >= 4 is 33.5 Å². The molecule has 0 aliphatic heterocycles. The van der Waals surface area contributed by atoms with Gasteiger partial charge < -0.3 is 9.47 Å². The number of esters is 1. The first-order chi connectivity index (χ1) is 8.45. The summed E-state index contributed by atoms with van der Waals surface area (Å²) in [6.07, 6.45) is -0.117. The fourth-order valence-electron chi connectivity index (χ4n) is 1.28. The van der Waals surface area contributed by atoms with Gasteiger partial charge in [0.1, 0.15) is 5.75 Å². The van der Waals surface area contributed by atoms with E-state index in [0.29, 0.717) is 10.0 Å². The van der Waals surface area contributed by atoms with Gasteiger partial charge >= 0.3 is 12.6 Å². The van der Waals surface area contributed by atoms with Crippen LogP contribution in [0.3, 0.4) is 0 Å². The molecule has 0 aliphatic rings. The maximum atomic E-state index is 12.1. The summed E-state index contributed by atoms with van der Waals surface area (Å²) < 4.78 is 33.8. The zero-order chi connectivity index (χ0) is 13.7. The molecule has 0 heterocycles. The van der Waals surface area contributed by atoms with E-state index in [1.165, 1.54) is 12.1 Å². The van der Waals surface area contributed by atoms with Gasteiger partial charge in [-0.05, 0) is 24.6 Å². The predicted molar refractivity (Wildman–Crippen MR) is 66.1 cm³/mol. The summed E-state index contributed by atoms with van der Waals surface area (Å²) in [4.78, 5) is 11.4. The molecule has 0 radical (unpaired) electrons. The summed E-state index contributed by atoms with van der Waals surface area (Å²) in [5.41, 5.74) is 0.355. The minimum Gasteiger partial charge on any atom is -0.466 e. The SMILES string of the molecule is CCOC(=O)Cc1c(Br)ccc(OC(F)F)c1Cl. The number of hydrogen-bond donors (Lipinski definition) is 0. The number of alkyl halides is 2. The molecule has 0 fully saturated rings. The largest absolute Gasteiger partial charge is 0.466 e. The molecule has 0 N–H and O–H groups in total. The lowest BCUT2D eigenvalue weighted by Gasteiger charge is -2.12. The van der Waals surface area contributed by atoms with Gasteiger partial charge in [0.05, 0.1) is 18.1 Å². The van der Waals surface area contributed by atoms with Crippen molar-refractivity contribution in [2.45, 2.75) is 20.0 Å². The van der Waals surface area contributed by atoms with Gasteiger partial charge in [-0.25, -0.2) is 0 Å². The zero-order valence-corrected chi connectivity index (χ0v) is 11.7. The Morgan fingerprint density at radius 1 is 1.50 bits per heavy atom. The molecule has 0 aromatic heterocycles. The Labute approximate surface area is 116 Å². The minimum absolute atomic E-state index is 0.0299. The van der Waals surface area contributed by atoms with Crippen LogP contribution in [0.25, 0.3) is 0 Å². The summed E-state index contributed by atoms with van der Waals surface area (Å²) in [5, 5.41) is -0.0299. The second-order valence-corrected chi connectivity index (χ2v) is 4.43. The smallest absolute Gasteiger partial charge is 0.387 e. The standard InChI is InChI=1S/C11H10BrClF2O3/c1-2-17-9(16)5-6-7(12)3-4-8(10(6)13)18-11(14)15/h3-4,11H,2,5H2,1H3. The van der Waals surface area contributed by atoms with Crippen molar-refractivity contribution in [2.75, 3.05) is 6.61 Å². The quantitative estimate of drug-likeness (QED) is 0.763. The molecule has 100 valence electrons. The first-order valence-electron chi connectivity index (χ1n) is 5.03. The first kappa shape index (κ1) is 15.2. The molecule has 18 heavy (non-hydrogen) atoms. The van der Waals surface area contributed by atoms with Gasteiger partial charge in [-0.15, -0.1) is 0 Å². The highest BCUT2D eigenvalue weighted by atomic mass is 79.9. The molecule has 0 unspecified atom stereocenters. The lowest BCUT2D eigenvalue weighted by atomic mass is 10.1. The summed E-state index contributed by atoms with van der Waals surface area (Å²) >= 11 is 9.10. The number of carbonyl (C=O) groups is 1. The molecular weight excluding hydrogens is 333 g/mol. The Bertz CT molecular complexity index is 441. The Balaban J connectivity index is 2.99. The summed E-state index contributed by atoms with van der Waals surface area (Å²) in [5.74, 6) is -0.663. The third-order valence-electron chi connectivity index (χ3n) is 1.99. The molecule has 0 saturated heterocycles. The van der Waals surface area contributed by atoms with E-state index >= 15 is 0 Å². The van der Waals surface area contributed by atoms with Gasteiger partial charge in [0.25, 0.3) is 0 Å². The van der Waals surface area contributed by atoms with Crippen molar-refractivity contribution in [3.63, 3.8) is 0 Å². The van der Waals surface area contributed by atoms with Gasteiger partial charge in [0.2, 0.25) is 0 Å². The number of halogens is 4. The van der Waals surface area contributed by atoms with Crippen molar-refractivity contribution in [1.82, 2.24) is 0 Å². The molecule has 1 aromatic carbocycles. The topological polar surface area (TPSA) is 35.5 Å². The molecule has 0 spiro atoms. The van der Waals surface area contributed by atoms with Crippen LogP contribution in [0.4, 0.5) is 8.78 Å². The van der Waals surface area contributed by atoms with Gasteiger partial charge in [-0.1, -0.05) is 27.5 Å². The van der Waals surface area contributed by atoms with Crippen LogP contribution in [0.2, 0.25) is 5.02 Å². The van der Waals surface area contributed by atoms with E-state index in [0.717, 1.165) is 0 Å². The van der Waals surface area contributed by atoms with Crippen LogP contribution in [0.15, 0.2) is 16.6 Å². The Morgan fingerprint density at radius 3 is 2.72 bits per heavy atom. The van der Waals surface area contributed by atoms with E-state index in [1.54, 1.807) is 6.92 Å². The molecule has 0 amide bonds. The molecule has 1 aromatic rings. The second kappa shape index (κ2) is 6.89. The fourth-order valence-corrected chi connectivity index (χ4v) is 2.14. The molecular formula is C11H10BrClF2O3. The van der Waals surface area contributed by atoms with Crippen molar-refractivity contribution in [3.05, 3.63) is 27.2 Å². The predicted octanol–water partition coefficient (Wildman–Crippen LogP) is 3.81. The number of hydrogen-bond acceptors (Lipinski definition) is 3. The zero-order valence-electron chi connectivity index (χ0n) is 9.38. The number of rotatable bonds is 5. The van der Waals surface area contributed by atoms with E-state index < -0.39 is 12.6 Å². The van der Waals surface area contributed by atoms with Gasteiger partial charge in [0.15, 0.2) is 0 Å². The lowest BCUT2D eigenvalue weighted by Crippen LogP contribution is -2.09. The third-order valence-corrected chi connectivity index (χ3v) is 3.15. The average Bonchev–Trinajstić information content (AvgIpc) is 2.28. The Hall–Kier alpha value is -0.880. The number of benzene rings is 1. The molecule has 3 nitrogen and oxygen atoms in total. The van der Waals surface area contributed by atoms with Crippen LogP contribution in [0, 0.1) is 0 Å². The normalized spacial score (nSPS) is 10.6. The highest BCUT2D eigenvalue weighted by molar-refractivity contribution is 9.10. The molecule has 0 saturated carbocycles. The van der Waals surface area contributed by atoms with Crippen LogP contribution in [-0.2, 0) is 16.0 Å². The van der Waals surface area contributed by atoms with E-state index in [1.807, 2.05) is 0 Å². The van der Waals surface area contributed by atoms with Crippen LogP contribution in [0.1, 0.15) is 12.5 Å². The molecule has 7 heteroatoms. The van der Waals surface area contributed by atoms with Gasteiger partial charge in [-0.2, -0.15) is 8.78 Å². The highest BCUT2D eigenvalue weighted by Crippen LogP contribution is 2.34. The van der Waals surface area contributed by atoms with Gasteiger partial charge in [0, 0.05) is 4.47 Å². The highest BCUT2D eigenvalue weighted by Gasteiger charge is 2.17. The van der Waals surface area contributed by atoms with Crippen molar-refractivity contribution in [3.8, 4) is 5.75 Å². The first-order valence-corrected chi connectivity index (χ1v) is 6.20. The average molecular weight is 344 g/mol. The lowest BCUT2D eigenvalue weighted by molar-refractivity contribution is -0.142. The molecule has 1 rings (SSSR count). The third kappa shape index (κ3) is 4.10. The van der Waals surface area contributed by atoms with Crippen LogP contribution < -0.4 is 4.74 Å². The van der Waals surface area contributed by atoms with Crippen molar-refractivity contribution in [2.24, 2.45) is 0 Å². The van der Waals surface area contributed by atoms with E-state index in [-0.39, 0.29) is 23.8 Å². The van der Waals surface area contributed by atoms with Crippen molar-refractivity contribution in [1.29, 1.82) is 0 Å². The molecule has 0 aliphatic carbocycles. The minimum atomic E-state index is -2.97. The maximum Gasteiger partial charge on any atom is 0.387 e. The van der Waals surface area contributed by atoms with Crippen LogP contribution in [0.5, 0.6) is 5.75 Å². The summed E-state index contributed by atoms with van der Waals surface area (Å²) in [7, 11) is 0. The van der Waals surface area contributed by atoms with Crippen LogP contribution >= 0.6 is 27.5 Å². The maximum absolute atomic E-state index is 12.1. The second-order valence-electron chi connectivity index (χ2n) is 3.20. The number of carbonyl (C=O) groups excluding carboxylic acids is 1. The van der Waals surface area contributed by atoms with Crippen LogP contribution in [-0.4, -0.2) is 19.2 Å². The summed E-state index contributed by atoms with van der Waals surface area (Å²) in [6, 6.07) is 2.78.